The summed E-state index contributed by atoms with van der Waals surface area (Å²) in [6, 6.07) is 7.13. The first kappa shape index (κ1) is 22.5. The summed E-state index contributed by atoms with van der Waals surface area (Å²) < 4.78 is 5.55. The van der Waals surface area contributed by atoms with Gasteiger partial charge in [0.1, 0.15) is 11.5 Å². The van der Waals surface area contributed by atoms with Crippen LogP contribution in [0.25, 0.3) is 0 Å². The van der Waals surface area contributed by atoms with E-state index < -0.39 is 0 Å². The molecule has 3 aliphatic heterocycles. The molecular weight excluding hydrogens is 430 g/mol. The number of benzene rings is 1. The molecular formula is C23H28ClN5O3. The van der Waals surface area contributed by atoms with E-state index in [1.165, 1.54) is 0 Å². The number of carbonyl (C=O) groups is 2. The molecule has 1 aromatic carbocycles. The minimum atomic E-state index is -0.231. The Morgan fingerprint density at radius 2 is 2.09 bits per heavy atom. The lowest BCUT2D eigenvalue weighted by Gasteiger charge is -2.39. The lowest BCUT2D eigenvalue weighted by Crippen LogP contribution is -2.54. The number of hydrogen-bond donors (Lipinski definition) is 1. The Morgan fingerprint density at radius 3 is 2.88 bits per heavy atom. The molecule has 170 valence electrons. The lowest BCUT2D eigenvalue weighted by molar-refractivity contribution is -0.126. The summed E-state index contributed by atoms with van der Waals surface area (Å²) in [7, 11) is 0. The molecule has 0 aliphatic carbocycles. The Bertz CT molecular complexity index is 955. The van der Waals surface area contributed by atoms with Gasteiger partial charge >= 0.3 is 0 Å². The SMILES string of the molecule is CCOC1CN(C/C=C/C(=O)N2CCN3C(C(=O)Nc4ccccc4Cl)=CCN=C3C2)C1. The monoisotopic (exact) mass is 457 g/mol. The molecule has 4 rings (SSSR count). The molecule has 0 spiro atoms. The molecule has 0 atom stereocenters. The normalized spacial score (nSPS) is 19.3. The molecule has 0 aromatic heterocycles. The maximum atomic E-state index is 12.9. The number of halogens is 1. The minimum Gasteiger partial charge on any atom is -0.376 e. The lowest BCUT2D eigenvalue weighted by atomic mass is 10.1. The summed E-state index contributed by atoms with van der Waals surface area (Å²) in [6.45, 7) is 7.13. The van der Waals surface area contributed by atoms with E-state index in [0.29, 0.717) is 48.7 Å². The van der Waals surface area contributed by atoms with Crippen LogP contribution in [-0.4, -0.2) is 90.9 Å². The van der Waals surface area contributed by atoms with Crippen molar-refractivity contribution >= 4 is 34.9 Å². The molecule has 1 aromatic rings. The van der Waals surface area contributed by atoms with E-state index in [4.69, 9.17) is 16.3 Å². The van der Waals surface area contributed by atoms with Gasteiger partial charge in [0.2, 0.25) is 5.91 Å². The van der Waals surface area contributed by atoms with Crippen molar-refractivity contribution in [1.82, 2.24) is 14.7 Å². The number of amidine groups is 1. The average Bonchev–Trinajstić information content (AvgIpc) is 2.77. The van der Waals surface area contributed by atoms with Crippen LogP contribution in [-0.2, 0) is 14.3 Å². The van der Waals surface area contributed by atoms with E-state index in [0.717, 1.165) is 32.1 Å². The quantitative estimate of drug-likeness (QED) is 0.634. The maximum absolute atomic E-state index is 12.9. The largest absolute Gasteiger partial charge is 0.376 e. The number of aliphatic imine (C=N–C) groups is 1. The van der Waals surface area contributed by atoms with Gasteiger partial charge in [0.05, 0.1) is 29.9 Å². The first-order valence-electron chi connectivity index (χ1n) is 10.9. The molecule has 9 heteroatoms. The number of nitrogens with zero attached hydrogens (tertiary/aromatic N) is 4. The number of amides is 2. The summed E-state index contributed by atoms with van der Waals surface area (Å²) >= 11 is 6.16. The van der Waals surface area contributed by atoms with Crippen LogP contribution in [0.3, 0.4) is 0 Å². The van der Waals surface area contributed by atoms with Gasteiger partial charge in [-0.15, -0.1) is 0 Å². The minimum absolute atomic E-state index is 0.0362. The van der Waals surface area contributed by atoms with Gasteiger partial charge in [0.15, 0.2) is 0 Å². The van der Waals surface area contributed by atoms with Crippen LogP contribution >= 0.6 is 11.6 Å². The highest BCUT2D eigenvalue weighted by Gasteiger charge is 2.31. The molecule has 2 amide bonds. The molecule has 2 fully saturated rings. The topological polar surface area (TPSA) is 77.5 Å². The predicted octanol–water partition coefficient (Wildman–Crippen LogP) is 2.00. The molecule has 3 heterocycles. The Hall–Kier alpha value is -2.68. The summed E-state index contributed by atoms with van der Waals surface area (Å²) in [4.78, 5) is 35.9. The number of piperazine rings is 1. The second-order valence-corrected chi connectivity index (χ2v) is 8.30. The van der Waals surface area contributed by atoms with Gasteiger partial charge < -0.3 is 19.9 Å². The van der Waals surface area contributed by atoms with E-state index in [2.05, 4.69) is 15.2 Å². The fourth-order valence-corrected chi connectivity index (χ4v) is 4.18. The highest BCUT2D eigenvalue weighted by molar-refractivity contribution is 6.33. The van der Waals surface area contributed by atoms with Crippen LogP contribution in [0.15, 0.2) is 53.2 Å². The smallest absolute Gasteiger partial charge is 0.272 e. The zero-order valence-electron chi connectivity index (χ0n) is 18.2. The van der Waals surface area contributed by atoms with E-state index >= 15 is 0 Å². The van der Waals surface area contributed by atoms with Gasteiger partial charge in [-0.1, -0.05) is 29.8 Å². The molecule has 2 saturated heterocycles. The van der Waals surface area contributed by atoms with Gasteiger partial charge in [-0.25, -0.2) is 0 Å². The standard InChI is InChI=1S/C23H28ClN5O3/c1-2-32-17-14-27(15-17)11-5-8-22(30)28-12-13-29-20(9-10-25-21(29)16-28)23(31)26-19-7-4-3-6-18(19)24/h3-9,17H,2,10-16H2,1H3,(H,26,31)/b8-5+. The highest BCUT2D eigenvalue weighted by atomic mass is 35.5. The van der Waals surface area contributed by atoms with Crippen molar-refractivity contribution in [3.63, 3.8) is 0 Å². The van der Waals surface area contributed by atoms with Crippen LogP contribution in [0.5, 0.6) is 0 Å². The molecule has 0 unspecified atom stereocenters. The third-order valence-corrected chi connectivity index (χ3v) is 6.03. The Labute approximate surface area is 193 Å². The molecule has 8 nitrogen and oxygen atoms in total. The summed E-state index contributed by atoms with van der Waals surface area (Å²) in [6.07, 6.45) is 5.66. The molecule has 3 aliphatic rings. The van der Waals surface area contributed by atoms with Crippen molar-refractivity contribution in [3.05, 3.63) is 53.2 Å². The number of carbonyl (C=O) groups excluding carboxylic acids is 2. The van der Waals surface area contributed by atoms with Crippen LogP contribution in [0.1, 0.15) is 6.92 Å². The average molecular weight is 458 g/mol. The fraction of sp³-hybridized carbons (Fsp3) is 0.435. The molecule has 1 N–H and O–H groups in total. The van der Waals surface area contributed by atoms with Gasteiger partial charge in [-0.3, -0.25) is 19.5 Å². The van der Waals surface area contributed by atoms with Crippen LogP contribution in [0, 0.1) is 0 Å². The third kappa shape index (κ3) is 5.20. The summed E-state index contributed by atoms with van der Waals surface area (Å²) in [5, 5.41) is 3.35. The molecule has 0 bridgehead atoms. The van der Waals surface area contributed by atoms with E-state index in [9.17, 15) is 9.59 Å². The van der Waals surface area contributed by atoms with Gasteiger partial charge in [-0.05, 0) is 25.1 Å². The number of ether oxygens (including phenoxy) is 1. The number of rotatable bonds is 7. The first-order chi connectivity index (χ1) is 15.5. The van der Waals surface area contributed by atoms with Gasteiger partial charge in [0, 0.05) is 45.4 Å². The first-order valence-corrected chi connectivity index (χ1v) is 11.3. The van der Waals surface area contributed by atoms with Crippen molar-refractivity contribution < 1.29 is 14.3 Å². The van der Waals surface area contributed by atoms with Gasteiger partial charge in [0.25, 0.3) is 5.91 Å². The Kier molecular flexibility index (Phi) is 7.24. The number of anilines is 1. The second kappa shape index (κ2) is 10.3. The molecule has 32 heavy (non-hydrogen) atoms. The van der Waals surface area contributed by atoms with Crippen molar-refractivity contribution in [2.24, 2.45) is 4.99 Å². The fourth-order valence-electron chi connectivity index (χ4n) is 4.00. The number of fused-ring (bicyclic) bond motifs is 1. The number of hydrogen-bond acceptors (Lipinski definition) is 6. The Morgan fingerprint density at radius 1 is 1.28 bits per heavy atom. The Balaban J connectivity index is 1.28. The molecule has 0 saturated carbocycles. The van der Waals surface area contributed by atoms with Crippen LogP contribution < -0.4 is 5.32 Å². The van der Waals surface area contributed by atoms with Crippen molar-refractivity contribution in [3.8, 4) is 0 Å². The van der Waals surface area contributed by atoms with Crippen molar-refractivity contribution in [2.45, 2.75) is 13.0 Å². The summed E-state index contributed by atoms with van der Waals surface area (Å²) in [5.41, 5.74) is 1.11. The zero-order valence-corrected chi connectivity index (χ0v) is 18.9. The number of likely N-dealkylation sites (tertiary alicyclic amines) is 1. The predicted molar refractivity (Wildman–Crippen MR) is 125 cm³/mol. The third-order valence-electron chi connectivity index (χ3n) is 5.70. The zero-order chi connectivity index (χ0) is 22.5. The highest BCUT2D eigenvalue weighted by Crippen LogP contribution is 2.23. The maximum Gasteiger partial charge on any atom is 0.272 e. The van der Waals surface area contributed by atoms with Crippen LogP contribution in [0.2, 0.25) is 5.02 Å². The van der Waals surface area contributed by atoms with E-state index in [-0.39, 0.29) is 11.8 Å². The van der Waals surface area contributed by atoms with E-state index in [1.54, 1.807) is 29.2 Å². The van der Waals surface area contributed by atoms with Gasteiger partial charge in [-0.2, -0.15) is 0 Å². The van der Waals surface area contributed by atoms with Crippen molar-refractivity contribution in [1.29, 1.82) is 0 Å². The van der Waals surface area contributed by atoms with Crippen LogP contribution in [0.4, 0.5) is 5.69 Å². The van der Waals surface area contributed by atoms with E-state index in [1.807, 2.05) is 30.0 Å². The number of nitrogens with one attached hydrogen (secondary N) is 1. The van der Waals surface area contributed by atoms with Crippen molar-refractivity contribution in [2.75, 3.05) is 57.7 Å². The second-order valence-electron chi connectivity index (χ2n) is 7.89. The molecule has 0 radical (unpaired) electrons. The number of para-hydroxylation sites is 1. The summed E-state index contributed by atoms with van der Waals surface area (Å²) in [5.74, 6) is 0.461.